The monoisotopic (exact) mass is 205 g/mol. The average Bonchev–Trinajstić information content (AvgIpc) is 2.59. The smallest absolute Gasteiger partial charge is 0.224 e. The third-order valence-electron chi connectivity index (χ3n) is 1.93. The molecule has 4 nitrogen and oxygen atoms in total. The molecule has 0 amide bonds. The maximum atomic E-state index is 11.6. The lowest BCUT2D eigenvalue weighted by Crippen LogP contribution is -2.47. The Labute approximate surface area is 78.8 Å². The van der Waals surface area contributed by atoms with Crippen molar-refractivity contribution in [1.82, 2.24) is 4.72 Å². The summed E-state index contributed by atoms with van der Waals surface area (Å²) in [4.78, 5) is 10.6. The summed E-state index contributed by atoms with van der Waals surface area (Å²) >= 11 is 0. The van der Waals surface area contributed by atoms with Crippen LogP contribution in [-0.4, -0.2) is 25.0 Å². The maximum Gasteiger partial charge on any atom is 0.224 e. The Kier molecular flexibility index (Phi) is 2.28. The van der Waals surface area contributed by atoms with Gasteiger partial charge in [0.25, 0.3) is 0 Å². The van der Waals surface area contributed by atoms with Crippen LogP contribution in [0.15, 0.2) is 0 Å². The first-order valence-electron chi connectivity index (χ1n) is 4.22. The molecule has 0 aromatic rings. The van der Waals surface area contributed by atoms with Crippen molar-refractivity contribution in [3.05, 3.63) is 0 Å². The summed E-state index contributed by atoms with van der Waals surface area (Å²) in [5.41, 5.74) is -0.516. The van der Waals surface area contributed by atoms with Crippen LogP contribution in [0.3, 0.4) is 0 Å². The molecule has 76 valence electrons. The number of aldehydes is 1. The third-order valence-corrected chi connectivity index (χ3v) is 4.39. The van der Waals surface area contributed by atoms with Crippen molar-refractivity contribution < 1.29 is 13.2 Å². The van der Waals surface area contributed by atoms with Gasteiger partial charge in [0.05, 0.1) is 0 Å². The van der Waals surface area contributed by atoms with Crippen LogP contribution in [0.25, 0.3) is 0 Å². The molecule has 0 aliphatic heterocycles. The van der Waals surface area contributed by atoms with Crippen molar-refractivity contribution in [2.24, 2.45) is 0 Å². The van der Waals surface area contributed by atoms with Gasteiger partial charge in [-0.15, -0.1) is 0 Å². The van der Waals surface area contributed by atoms with E-state index in [9.17, 15) is 13.2 Å². The van der Waals surface area contributed by atoms with E-state index in [-0.39, 0.29) is 0 Å². The van der Waals surface area contributed by atoms with E-state index in [0.717, 1.165) is 0 Å². The van der Waals surface area contributed by atoms with Gasteiger partial charge in [-0.05, 0) is 33.6 Å². The van der Waals surface area contributed by atoms with Crippen LogP contribution in [0, 0.1) is 0 Å². The van der Waals surface area contributed by atoms with Crippen LogP contribution >= 0.6 is 0 Å². The average molecular weight is 205 g/mol. The van der Waals surface area contributed by atoms with Gasteiger partial charge in [-0.1, -0.05) is 0 Å². The minimum atomic E-state index is -3.47. The number of sulfonamides is 1. The molecule has 1 saturated carbocycles. The van der Waals surface area contributed by atoms with Gasteiger partial charge >= 0.3 is 0 Å². The number of rotatable bonds is 3. The van der Waals surface area contributed by atoms with Gasteiger partial charge in [0.15, 0.2) is 0 Å². The van der Waals surface area contributed by atoms with E-state index in [1.807, 2.05) is 0 Å². The second kappa shape index (κ2) is 2.78. The molecule has 0 atom stereocenters. The zero-order valence-corrected chi connectivity index (χ0v) is 8.94. The molecule has 0 unspecified atom stereocenters. The lowest BCUT2D eigenvalue weighted by molar-refractivity contribution is -0.108. The van der Waals surface area contributed by atoms with E-state index >= 15 is 0 Å². The summed E-state index contributed by atoms with van der Waals surface area (Å²) in [6.07, 6.45) is 1.44. The third kappa shape index (κ3) is 2.08. The summed E-state index contributed by atoms with van der Waals surface area (Å²) in [6, 6.07) is 0. The first kappa shape index (κ1) is 10.7. The largest absolute Gasteiger partial charge is 0.302 e. The molecule has 0 radical (unpaired) electrons. The van der Waals surface area contributed by atoms with Crippen LogP contribution in [0.1, 0.15) is 33.6 Å². The maximum absolute atomic E-state index is 11.6. The molecule has 0 aromatic carbocycles. The van der Waals surface area contributed by atoms with Crippen molar-refractivity contribution in [2.45, 2.75) is 43.9 Å². The normalized spacial score (nSPS) is 21.2. The van der Waals surface area contributed by atoms with Gasteiger partial charge in [-0.3, -0.25) is 0 Å². The van der Waals surface area contributed by atoms with Crippen molar-refractivity contribution in [2.75, 3.05) is 0 Å². The number of hydrogen-bond acceptors (Lipinski definition) is 3. The van der Waals surface area contributed by atoms with Crippen molar-refractivity contribution in [3.63, 3.8) is 0 Å². The summed E-state index contributed by atoms with van der Waals surface area (Å²) in [7, 11) is -3.47. The van der Waals surface area contributed by atoms with Crippen LogP contribution in [0.2, 0.25) is 0 Å². The fourth-order valence-corrected chi connectivity index (χ4v) is 2.85. The van der Waals surface area contributed by atoms with E-state index < -0.39 is 20.3 Å². The molecule has 0 saturated heterocycles. The summed E-state index contributed by atoms with van der Waals surface area (Å²) in [5.74, 6) is 0. The zero-order chi connectivity index (χ0) is 10.3. The highest BCUT2D eigenvalue weighted by Crippen LogP contribution is 2.41. The summed E-state index contributed by atoms with van der Waals surface area (Å²) in [5, 5.41) is 0. The van der Waals surface area contributed by atoms with Crippen LogP contribution in [-0.2, 0) is 14.8 Å². The quantitative estimate of drug-likeness (QED) is 0.680. The molecular formula is C8H15NO3S. The topological polar surface area (TPSA) is 63.2 Å². The van der Waals surface area contributed by atoms with Gasteiger partial charge in [0.1, 0.15) is 11.0 Å². The molecule has 13 heavy (non-hydrogen) atoms. The molecule has 1 rings (SSSR count). The highest BCUT2D eigenvalue weighted by molar-refractivity contribution is 7.92. The van der Waals surface area contributed by atoms with Gasteiger partial charge in [-0.25, -0.2) is 13.1 Å². The van der Waals surface area contributed by atoms with Crippen molar-refractivity contribution >= 4 is 16.3 Å². The molecule has 1 aliphatic carbocycles. The van der Waals surface area contributed by atoms with Crippen molar-refractivity contribution in [1.29, 1.82) is 0 Å². The second-order valence-electron chi connectivity index (χ2n) is 4.54. The Balaban J connectivity index is 2.85. The molecule has 0 bridgehead atoms. The molecule has 0 spiro atoms. The van der Waals surface area contributed by atoms with E-state index in [0.29, 0.717) is 19.1 Å². The Morgan fingerprint density at radius 2 is 1.77 bits per heavy atom. The molecule has 1 aliphatic rings. The van der Waals surface area contributed by atoms with E-state index in [4.69, 9.17) is 0 Å². The SMILES string of the molecule is CC(C)(C)NS(=O)(=O)C1(C=O)CC1. The van der Waals surface area contributed by atoms with Gasteiger partial charge < -0.3 is 4.79 Å². The number of carbonyl (C=O) groups is 1. The van der Waals surface area contributed by atoms with Gasteiger partial charge in [0.2, 0.25) is 10.0 Å². The molecule has 0 heterocycles. The lowest BCUT2D eigenvalue weighted by Gasteiger charge is -2.22. The molecule has 5 heteroatoms. The molecule has 0 aromatic heterocycles. The summed E-state index contributed by atoms with van der Waals surface area (Å²) < 4.78 is 24.6. The Bertz CT molecular complexity index is 309. The minimum Gasteiger partial charge on any atom is -0.302 e. The Morgan fingerprint density at radius 3 is 2.00 bits per heavy atom. The molecular weight excluding hydrogens is 190 g/mol. The fourth-order valence-electron chi connectivity index (χ4n) is 1.08. The Hall–Kier alpha value is -0.420. The standard InChI is InChI=1S/C8H15NO3S/c1-7(2,3)9-13(11,12)8(6-10)4-5-8/h6,9H,4-5H2,1-3H3. The van der Waals surface area contributed by atoms with Crippen molar-refractivity contribution in [3.8, 4) is 0 Å². The fraction of sp³-hybridized carbons (Fsp3) is 0.875. The zero-order valence-electron chi connectivity index (χ0n) is 8.12. The highest BCUT2D eigenvalue weighted by Gasteiger charge is 2.55. The second-order valence-corrected chi connectivity index (χ2v) is 6.56. The van der Waals surface area contributed by atoms with E-state index in [2.05, 4.69) is 4.72 Å². The van der Waals surface area contributed by atoms with Gasteiger partial charge in [-0.2, -0.15) is 0 Å². The predicted octanol–water partition coefficient (Wildman–Crippen LogP) is 0.436. The van der Waals surface area contributed by atoms with Crippen LogP contribution < -0.4 is 4.72 Å². The number of carbonyl (C=O) groups excluding carboxylic acids is 1. The highest BCUT2D eigenvalue weighted by atomic mass is 32.2. The van der Waals surface area contributed by atoms with Gasteiger partial charge in [0, 0.05) is 5.54 Å². The number of nitrogens with one attached hydrogen (secondary N) is 1. The molecule has 1 fully saturated rings. The van der Waals surface area contributed by atoms with Crippen LogP contribution in [0.5, 0.6) is 0 Å². The number of hydrogen-bond donors (Lipinski definition) is 1. The first-order valence-corrected chi connectivity index (χ1v) is 5.71. The van der Waals surface area contributed by atoms with E-state index in [1.165, 1.54) is 0 Å². The predicted molar refractivity (Wildman–Crippen MR) is 49.8 cm³/mol. The van der Waals surface area contributed by atoms with Crippen LogP contribution in [0.4, 0.5) is 0 Å². The van der Waals surface area contributed by atoms with E-state index in [1.54, 1.807) is 20.8 Å². The lowest BCUT2D eigenvalue weighted by atomic mass is 10.1. The molecule has 1 N–H and O–H groups in total. The first-order chi connectivity index (χ1) is 5.72. The summed E-state index contributed by atoms with van der Waals surface area (Å²) in [6.45, 7) is 5.27. The Morgan fingerprint density at radius 1 is 1.31 bits per heavy atom. The minimum absolute atomic E-state index is 0.446.